The normalized spacial score (nSPS) is 12.7. The van der Waals surface area contributed by atoms with Gasteiger partial charge in [-0.05, 0) is 82.6 Å². The molecule has 0 fully saturated rings. The SMILES string of the molecule is CC(Oc1ccc2ncc(Br)n2n1)c1c(OCCN(C(=O)OC(C)(C)C)C(=O)OC(C)(C)C)ccc(F)c1Cl. The van der Waals surface area contributed by atoms with E-state index in [1.807, 2.05) is 0 Å². The molecule has 0 radical (unpaired) electrons. The van der Waals surface area contributed by atoms with Crippen LogP contribution >= 0.6 is 27.5 Å². The molecule has 1 atom stereocenters. The van der Waals surface area contributed by atoms with Gasteiger partial charge in [0.25, 0.3) is 0 Å². The molecule has 0 spiro atoms. The molecule has 212 valence electrons. The first kappa shape index (κ1) is 30.4. The van der Waals surface area contributed by atoms with Crippen molar-refractivity contribution in [1.29, 1.82) is 0 Å². The van der Waals surface area contributed by atoms with Crippen LogP contribution in [-0.4, -0.2) is 56.0 Å². The van der Waals surface area contributed by atoms with E-state index in [-0.39, 0.29) is 35.4 Å². The maximum Gasteiger partial charge on any atom is 0.419 e. The van der Waals surface area contributed by atoms with Crippen LogP contribution in [0.3, 0.4) is 0 Å². The molecular weight excluding hydrogens is 599 g/mol. The first-order valence-electron chi connectivity index (χ1n) is 12.1. The van der Waals surface area contributed by atoms with Gasteiger partial charge in [-0.2, -0.15) is 0 Å². The van der Waals surface area contributed by atoms with Gasteiger partial charge in [0, 0.05) is 6.07 Å². The van der Waals surface area contributed by atoms with Gasteiger partial charge in [-0.3, -0.25) is 0 Å². The zero-order valence-electron chi connectivity index (χ0n) is 22.8. The molecule has 2 heterocycles. The van der Waals surface area contributed by atoms with Crippen molar-refractivity contribution in [2.24, 2.45) is 0 Å². The summed E-state index contributed by atoms with van der Waals surface area (Å²) in [7, 11) is 0. The highest BCUT2D eigenvalue weighted by Crippen LogP contribution is 2.36. The standard InChI is InChI=1S/C26H31BrClFN4O6/c1-15(37-20-11-10-19-30-14-18(27)33(19)31-20)21-17(9-8-16(29)22(21)28)36-13-12-32(23(34)38-25(2,3)4)24(35)39-26(5,6)7/h8-11,14-15H,12-13H2,1-7H3. The number of hydrogen-bond acceptors (Lipinski definition) is 8. The lowest BCUT2D eigenvalue weighted by atomic mass is 10.1. The average molecular weight is 630 g/mol. The molecule has 10 nitrogen and oxygen atoms in total. The summed E-state index contributed by atoms with van der Waals surface area (Å²) in [5.41, 5.74) is -0.851. The highest BCUT2D eigenvalue weighted by atomic mass is 79.9. The molecule has 0 saturated heterocycles. The quantitative estimate of drug-likeness (QED) is 0.276. The monoisotopic (exact) mass is 628 g/mol. The fraction of sp³-hybridized carbons (Fsp3) is 0.462. The Labute approximate surface area is 239 Å². The lowest BCUT2D eigenvalue weighted by molar-refractivity contribution is -0.000744. The number of hydrogen-bond donors (Lipinski definition) is 0. The van der Waals surface area contributed by atoms with Crippen LogP contribution in [-0.2, 0) is 9.47 Å². The Bertz CT molecular complexity index is 1330. The summed E-state index contributed by atoms with van der Waals surface area (Å²) < 4.78 is 39.1. The number of rotatable bonds is 7. The van der Waals surface area contributed by atoms with Crippen LogP contribution in [0.25, 0.3) is 5.65 Å². The van der Waals surface area contributed by atoms with Crippen LogP contribution in [0.5, 0.6) is 11.6 Å². The van der Waals surface area contributed by atoms with Crippen molar-refractivity contribution in [2.75, 3.05) is 13.2 Å². The van der Waals surface area contributed by atoms with Crippen molar-refractivity contribution in [3.63, 3.8) is 0 Å². The second-order valence-electron chi connectivity index (χ2n) is 10.5. The number of carbonyl (C=O) groups excluding carboxylic acids is 2. The molecule has 1 aromatic carbocycles. The minimum Gasteiger partial charge on any atom is -0.491 e. The van der Waals surface area contributed by atoms with Crippen LogP contribution in [0.2, 0.25) is 5.02 Å². The Morgan fingerprint density at radius 3 is 2.28 bits per heavy atom. The Morgan fingerprint density at radius 1 is 1.08 bits per heavy atom. The van der Waals surface area contributed by atoms with E-state index in [4.69, 9.17) is 30.5 Å². The summed E-state index contributed by atoms with van der Waals surface area (Å²) in [5, 5.41) is 4.17. The number of amides is 2. The number of carbonyl (C=O) groups is 2. The number of fused-ring (bicyclic) bond motifs is 1. The molecule has 0 aliphatic carbocycles. The zero-order valence-corrected chi connectivity index (χ0v) is 25.1. The third kappa shape index (κ3) is 8.18. The molecule has 0 bridgehead atoms. The Kier molecular flexibility index (Phi) is 9.32. The maximum absolute atomic E-state index is 14.4. The van der Waals surface area contributed by atoms with E-state index in [1.165, 1.54) is 10.6 Å². The molecular formula is C26H31BrClFN4O6. The molecule has 2 amide bonds. The van der Waals surface area contributed by atoms with Crippen LogP contribution in [0, 0.1) is 5.82 Å². The summed E-state index contributed by atoms with van der Waals surface area (Å²) in [6, 6.07) is 5.88. The van der Waals surface area contributed by atoms with Crippen molar-refractivity contribution >= 4 is 45.4 Å². The van der Waals surface area contributed by atoms with Crippen LogP contribution in [0.4, 0.5) is 14.0 Å². The Morgan fingerprint density at radius 2 is 1.69 bits per heavy atom. The molecule has 0 aliphatic rings. The first-order valence-corrected chi connectivity index (χ1v) is 13.2. The lowest BCUT2D eigenvalue weighted by Gasteiger charge is -2.28. The molecule has 0 N–H and O–H groups in total. The molecule has 3 rings (SSSR count). The van der Waals surface area contributed by atoms with Crippen molar-refractivity contribution in [3.8, 4) is 11.6 Å². The number of ether oxygens (including phenoxy) is 4. The van der Waals surface area contributed by atoms with Gasteiger partial charge in [-0.15, -0.1) is 5.10 Å². The summed E-state index contributed by atoms with van der Waals surface area (Å²) in [6.07, 6.45) is -0.964. The second-order valence-corrected chi connectivity index (χ2v) is 11.7. The third-order valence-electron chi connectivity index (χ3n) is 4.89. The minimum absolute atomic E-state index is 0.160. The number of benzene rings is 1. The fourth-order valence-corrected chi connectivity index (χ4v) is 4.00. The summed E-state index contributed by atoms with van der Waals surface area (Å²) in [5.74, 6) is -0.229. The number of imide groups is 1. The zero-order chi connectivity index (χ0) is 29.1. The minimum atomic E-state index is -0.887. The number of aromatic nitrogens is 3. The summed E-state index contributed by atoms with van der Waals surface area (Å²) in [4.78, 5) is 30.5. The van der Waals surface area contributed by atoms with E-state index in [2.05, 4.69) is 26.0 Å². The number of nitrogens with zero attached hydrogens (tertiary/aromatic N) is 4. The summed E-state index contributed by atoms with van der Waals surface area (Å²) in [6.45, 7) is 11.4. The van der Waals surface area contributed by atoms with Crippen molar-refractivity contribution in [3.05, 3.63) is 51.5 Å². The van der Waals surface area contributed by atoms with Gasteiger partial charge >= 0.3 is 12.2 Å². The number of imidazole rings is 1. The molecule has 3 aromatic rings. The van der Waals surface area contributed by atoms with Crippen LogP contribution < -0.4 is 9.47 Å². The molecule has 39 heavy (non-hydrogen) atoms. The van der Waals surface area contributed by atoms with E-state index in [0.29, 0.717) is 10.3 Å². The Hall–Kier alpha value is -3.12. The van der Waals surface area contributed by atoms with E-state index in [1.54, 1.807) is 66.8 Å². The number of halogens is 3. The second kappa shape index (κ2) is 12.0. The third-order valence-corrected chi connectivity index (χ3v) is 5.82. The maximum atomic E-state index is 14.4. The average Bonchev–Trinajstić information content (AvgIpc) is 3.16. The van der Waals surface area contributed by atoms with E-state index < -0.39 is 35.3 Å². The van der Waals surface area contributed by atoms with Gasteiger partial charge in [0.15, 0.2) is 5.65 Å². The largest absolute Gasteiger partial charge is 0.491 e. The first-order chi connectivity index (χ1) is 18.1. The van der Waals surface area contributed by atoms with Gasteiger partial charge in [0.1, 0.15) is 40.1 Å². The van der Waals surface area contributed by atoms with Gasteiger partial charge in [0.2, 0.25) is 5.88 Å². The topological polar surface area (TPSA) is 104 Å². The molecule has 2 aromatic heterocycles. The van der Waals surface area contributed by atoms with Crippen molar-refractivity contribution in [1.82, 2.24) is 19.5 Å². The molecule has 13 heteroatoms. The van der Waals surface area contributed by atoms with Crippen LogP contribution in [0.1, 0.15) is 60.1 Å². The van der Waals surface area contributed by atoms with E-state index in [9.17, 15) is 14.0 Å². The van der Waals surface area contributed by atoms with Crippen LogP contribution in [0.15, 0.2) is 35.1 Å². The van der Waals surface area contributed by atoms with Gasteiger partial charge < -0.3 is 18.9 Å². The van der Waals surface area contributed by atoms with E-state index >= 15 is 0 Å². The predicted molar refractivity (Wildman–Crippen MR) is 146 cm³/mol. The highest BCUT2D eigenvalue weighted by molar-refractivity contribution is 9.10. The van der Waals surface area contributed by atoms with Gasteiger partial charge in [-0.25, -0.2) is 28.4 Å². The van der Waals surface area contributed by atoms with Crippen molar-refractivity contribution < 1.29 is 32.9 Å². The molecule has 0 aliphatic heterocycles. The fourth-order valence-electron chi connectivity index (χ4n) is 3.32. The smallest absolute Gasteiger partial charge is 0.419 e. The van der Waals surface area contributed by atoms with Crippen molar-refractivity contribution in [2.45, 2.75) is 65.8 Å². The molecule has 1 unspecified atom stereocenters. The lowest BCUT2D eigenvalue weighted by Crippen LogP contribution is -2.45. The van der Waals surface area contributed by atoms with E-state index in [0.717, 1.165) is 11.0 Å². The van der Waals surface area contributed by atoms with Gasteiger partial charge in [-0.1, -0.05) is 11.6 Å². The van der Waals surface area contributed by atoms with Gasteiger partial charge in [0.05, 0.1) is 23.3 Å². The predicted octanol–water partition coefficient (Wildman–Crippen LogP) is 6.98. The summed E-state index contributed by atoms with van der Waals surface area (Å²) >= 11 is 9.67. The highest BCUT2D eigenvalue weighted by Gasteiger charge is 2.31. The molecule has 0 saturated carbocycles. The Balaban J connectivity index is 1.80.